The minimum absolute atomic E-state index is 0.0490. The number of nitrogens with zero attached hydrogens (tertiary/aromatic N) is 5. The Labute approximate surface area is 208 Å². The number of aryl methyl sites for hydroxylation is 1. The first-order valence-corrected chi connectivity index (χ1v) is 13.7. The second-order valence-corrected chi connectivity index (χ2v) is 11.2. The second kappa shape index (κ2) is 10.7. The van der Waals surface area contributed by atoms with Crippen molar-refractivity contribution in [2.24, 2.45) is 7.05 Å². The van der Waals surface area contributed by atoms with Crippen molar-refractivity contribution in [2.45, 2.75) is 24.5 Å². The van der Waals surface area contributed by atoms with E-state index in [0.717, 1.165) is 12.5 Å². The summed E-state index contributed by atoms with van der Waals surface area (Å²) >= 11 is 0. The molecule has 4 rings (SSSR count). The molecule has 0 saturated carbocycles. The van der Waals surface area contributed by atoms with E-state index in [9.17, 15) is 28.8 Å². The molecule has 0 aromatic carbocycles. The van der Waals surface area contributed by atoms with Crippen molar-refractivity contribution in [3.8, 4) is 0 Å². The van der Waals surface area contributed by atoms with Gasteiger partial charge in [0.1, 0.15) is 24.6 Å². The topological polar surface area (TPSA) is 239 Å². The quantitative estimate of drug-likeness (QED) is 0.0998. The Hall–Kier alpha value is -2.50. The number of rotatable bonds is 11. The smallest absolute Gasteiger partial charge is 0.387 e. The number of nitrogen functional groups attached to an aromatic ring is 1. The van der Waals surface area contributed by atoms with E-state index in [1.807, 2.05) is 0 Å². The van der Waals surface area contributed by atoms with E-state index in [1.165, 1.54) is 28.8 Å². The lowest BCUT2D eigenvalue weighted by Crippen LogP contribution is -2.47. The van der Waals surface area contributed by atoms with Gasteiger partial charge in [0.15, 0.2) is 6.33 Å². The zero-order chi connectivity index (χ0) is 27.0. The molecule has 3 aromatic heterocycles. The summed E-state index contributed by atoms with van der Waals surface area (Å²) in [6.45, 7) is -0.504. The number of aliphatic hydroxyl groups is 1. The summed E-state index contributed by atoms with van der Waals surface area (Å²) in [4.78, 5) is 42.5. The van der Waals surface area contributed by atoms with Gasteiger partial charge in [-0.3, -0.25) is 18.9 Å². The standard InChI is InChI=1S/C17H25N7O11P2/c1-22-9-24(14-11(22)15(26)21-17(18)20-14)16-13(32-6-5-31-2)12(25)10(34-16)7-33-37(29,30)35-36(27,28)23-4-3-19-8-23/h3-4,8-10,12-13,16,25H,5-7H2,1-2H3,(H4-,18,20,21,26,27,28,29,30)/p+1/t10-,12+,13?,16-/m1/s1. The zero-order valence-corrected chi connectivity index (χ0v) is 21.3. The summed E-state index contributed by atoms with van der Waals surface area (Å²) in [5.41, 5.74) is 5.48. The number of nitrogens with two attached hydrogens (primary N) is 1. The second-order valence-electron chi connectivity index (χ2n) is 7.92. The summed E-state index contributed by atoms with van der Waals surface area (Å²) in [6.07, 6.45) is -0.221. The van der Waals surface area contributed by atoms with Gasteiger partial charge in [0.05, 0.1) is 26.9 Å². The van der Waals surface area contributed by atoms with Crippen LogP contribution in [-0.4, -0.2) is 84.0 Å². The first kappa shape index (κ1) is 27.5. The highest BCUT2D eigenvalue weighted by Gasteiger charge is 2.50. The lowest BCUT2D eigenvalue weighted by Gasteiger charge is -2.20. The van der Waals surface area contributed by atoms with Crippen LogP contribution in [0.15, 0.2) is 29.8 Å². The summed E-state index contributed by atoms with van der Waals surface area (Å²) < 4.78 is 54.0. The van der Waals surface area contributed by atoms with Crippen LogP contribution in [0.4, 0.5) is 5.95 Å². The number of nitrogens with one attached hydrogen (secondary N) is 1. The Balaban J connectivity index is 1.56. The van der Waals surface area contributed by atoms with Crippen molar-refractivity contribution in [2.75, 3.05) is 32.7 Å². The van der Waals surface area contributed by atoms with Gasteiger partial charge < -0.3 is 34.8 Å². The Bertz CT molecular complexity index is 1390. The summed E-state index contributed by atoms with van der Waals surface area (Å²) in [7, 11) is -6.88. The Morgan fingerprint density at radius 1 is 1.32 bits per heavy atom. The molecule has 1 fully saturated rings. The molecular formula is C17H26N7O11P2+. The van der Waals surface area contributed by atoms with Crippen LogP contribution in [-0.2, 0) is 39.2 Å². The molecular weight excluding hydrogens is 540 g/mol. The number of phosphoric ester groups is 1. The van der Waals surface area contributed by atoms with Crippen molar-refractivity contribution in [3.63, 3.8) is 0 Å². The number of H-pyrrole nitrogens is 1. The highest BCUT2D eigenvalue weighted by atomic mass is 31.3. The molecule has 37 heavy (non-hydrogen) atoms. The van der Waals surface area contributed by atoms with Crippen molar-refractivity contribution >= 4 is 32.7 Å². The molecule has 0 radical (unpaired) electrons. The molecule has 6 atom stereocenters. The van der Waals surface area contributed by atoms with Crippen LogP contribution in [0.2, 0.25) is 0 Å². The Kier molecular flexibility index (Phi) is 7.96. The number of hydrogen-bond donors (Lipinski definition) is 5. The highest BCUT2D eigenvalue weighted by Crippen LogP contribution is 2.60. The van der Waals surface area contributed by atoms with E-state index in [0.29, 0.717) is 4.34 Å². The molecule has 1 saturated heterocycles. The van der Waals surface area contributed by atoms with Crippen molar-refractivity contribution in [1.82, 2.24) is 23.9 Å². The Morgan fingerprint density at radius 3 is 2.76 bits per heavy atom. The Morgan fingerprint density at radius 2 is 2.08 bits per heavy atom. The minimum Gasteiger partial charge on any atom is -0.387 e. The summed E-state index contributed by atoms with van der Waals surface area (Å²) in [5.74, 6) is -0.155. The molecule has 1 aliphatic rings. The first-order valence-electron chi connectivity index (χ1n) is 10.6. The van der Waals surface area contributed by atoms with Crippen molar-refractivity contribution in [3.05, 3.63) is 35.4 Å². The predicted molar refractivity (Wildman–Crippen MR) is 122 cm³/mol. The molecule has 3 unspecified atom stereocenters. The normalized spacial score (nSPS) is 25.3. The molecule has 3 aromatic rings. The maximum absolute atomic E-state index is 12.4. The van der Waals surface area contributed by atoms with Gasteiger partial charge in [-0.2, -0.15) is 4.31 Å². The van der Waals surface area contributed by atoms with E-state index in [2.05, 4.69) is 19.3 Å². The van der Waals surface area contributed by atoms with E-state index in [-0.39, 0.29) is 30.3 Å². The van der Waals surface area contributed by atoms with Gasteiger partial charge in [-0.25, -0.2) is 23.0 Å². The summed E-state index contributed by atoms with van der Waals surface area (Å²) in [6, 6.07) is 0. The van der Waals surface area contributed by atoms with Gasteiger partial charge in [0.2, 0.25) is 11.7 Å². The first-order chi connectivity index (χ1) is 17.4. The van der Waals surface area contributed by atoms with E-state index in [4.69, 9.17) is 24.5 Å². The third-order valence-electron chi connectivity index (χ3n) is 5.37. The average molecular weight is 566 g/mol. The number of imidazole rings is 2. The molecule has 6 N–H and O–H groups in total. The third-order valence-corrected chi connectivity index (χ3v) is 8.34. The molecule has 0 amide bonds. The molecule has 20 heteroatoms. The fourth-order valence-corrected chi connectivity index (χ4v) is 6.11. The van der Waals surface area contributed by atoms with Gasteiger partial charge in [0, 0.05) is 19.5 Å². The number of methoxy groups -OCH3 is 1. The molecule has 1 aliphatic heterocycles. The predicted octanol–water partition coefficient (Wildman–Crippen LogP) is -1.60. The van der Waals surface area contributed by atoms with Gasteiger partial charge >= 0.3 is 21.2 Å². The number of fused-ring (bicyclic) bond motifs is 1. The van der Waals surface area contributed by atoms with Crippen LogP contribution in [0.1, 0.15) is 6.23 Å². The highest BCUT2D eigenvalue weighted by molar-refractivity contribution is 7.63. The number of anilines is 1. The van der Waals surface area contributed by atoms with Gasteiger partial charge in [-0.1, -0.05) is 4.98 Å². The average Bonchev–Trinajstić information content (AvgIpc) is 3.52. The molecule has 0 spiro atoms. The van der Waals surface area contributed by atoms with Crippen molar-refractivity contribution < 1.29 is 51.6 Å². The van der Waals surface area contributed by atoms with Crippen LogP contribution in [0.25, 0.3) is 11.2 Å². The van der Waals surface area contributed by atoms with E-state index < -0.39 is 52.3 Å². The van der Waals surface area contributed by atoms with Gasteiger partial charge in [-0.05, 0) is 0 Å². The van der Waals surface area contributed by atoms with E-state index in [1.54, 1.807) is 7.05 Å². The maximum Gasteiger partial charge on any atom is 0.480 e. The van der Waals surface area contributed by atoms with Crippen LogP contribution in [0, 0.1) is 0 Å². The number of phosphoric acid groups is 1. The van der Waals surface area contributed by atoms with Crippen LogP contribution in [0.3, 0.4) is 0 Å². The SMILES string of the molecule is COCCOC1[C@@H](O)[C@@H](COP(=O)(O)OP(=O)(O)n2ccnc2)O[C@H]1[n+]1cn(C)c2c(=O)[nH]c(N)nc21. The van der Waals surface area contributed by atoms with Gasteiger partial charge in [-0.15, -0.1) is 0 Å². The number of aromatic nitrogens is 6. The summed E-state index contributed by atoms with van der Waals surface area (Å²) in [5, 5.41) is 10.9. The fraction of sp³-hybridized carbons (Fsp3) is 0.529. The number of ether oxygens (including phenoxy) is 3. The minimum atomic E-state index is -5.12. The lowest BCUT2D eigenvalue weighted by atomic mass is 10.1. The monoisotopic (exact) mass is 566 g/mol. The molecule has 4 heterocycles. The number of aromatic amines is 1. The molecule has 0 bridgehead atoms. The van der Waals surface area contributed by atoms with Gasteiger partial charge in [0.25, 0.3) is 11.5 Å². The zero-order valence-electron chi connectivity index (χ0n) is 19.6. The number of aliphatic hydroxyl groups excluding tert-OH is 1. The third kappa shape index (κ3) is 5.83. The fourth-order valence-electron chi connectivity index (χ4n) is 3.75. The van der Waals surface area contributed by atoms with Crippen molar-refractivity contribution in [1.29, 1.82) is 0 Å². The maximum atomic E-state index is 12.4. The van der Waals surface area contributed by atoms with Crippen LogP contribution >= 0.6 is 15.6 Å². The van der Waals surface area contributed by atoms with Crippen LogP contribution < -0.4 is 15.9 Å². The molecule has 18 nitrogen and oxygen atoms in total. The molecule has 0 aliphatic carbocycles. The lowest BCUT2D eigenvalue weighted by molar-refractivity contribution is -0.746. The number of hydrogen-bond acceptors (Lipinski definition) is 12. The molecule has 204 valence electrons. The van der Waals surface area contributed by atoms with Crippen LogP contribution in [0.5, 0.6) is 0 Å². The largest absolute Gasteiger partial charge is 0.480 e. The van der Waals surface area contributed by atoms with E-state index >= 15 is 0 Å².